The summed E-state index contributed by atoms with van der Waals surface area (Å²) >= 11 is 11.9. The predicted molar refractivity (Wildman–Crippen MR) is 87.5 cm³/mol. The number of hydrogen-bond acceptors (Lipinski definition) is 4. The molecule has 0 aliphatic rings. The molecule has 0 saturated carbocycles. The highest BCUT2D eigenvalue weighted by molar-refractivity contribution is 6.35. The molecule has 0 radical (unpaired) electrons. The van der Waals surface area contributed by atoms with Gasteiger partial charge in [0, 0.05) is 11.2 Å². The van der Waals surface area contributed by atoms with Crippen LogP contribution in [0.1, 0.15) is 16.1 Å². The maximum absolute atomic E-state index is 11.4. The Bertz CT molecular complexity index is 950. The first kappa shape index (κ1) is 15.5. The zero-order chi connectivity index (χ0) is 16.6. The quantitative estimate of drug-likeness (QED) is 0.671. The third-order valence-electron chi connectivity index (χ3n) is 3.10. The number of carboxylic acids is 1. The van der Waals surface area contributed by atoms with E-state index in [1.807, 2.05) is 13.0 Å². The van der Waals surface area contributed by atoms with Gasteiger partial charge in [-0.25, -0.2) is 9.78 Å². The summed E-state index contributed by atoms with van der Waals surface area (Å²) in [6.07, 6.45) is 1.74. The van der Waals surface area contributed by atoms with E-state index < -0.39 is 5.97 Å². The molecule has 0 saturated heterocycles. The van der Waals surface area contributed by atoms with Crippen LogP contribution in [-0.4, -0.2) is 20.5 Å². The number of carbonyl (C=O) groups is 1. The molecule has 0 bridgehead atoms. The fourth-order valence-electron chi connectivity index (χ4n) is 2.04. The number of rotatable bonds is 3. The van der Waals surface area contributed by atoms with E-state index in [4.69, 9.17) is 23.2 Å². The largest absolute Gasteiger partial charge is 0.476 e. The standard InChI is InChI=1S/C15H10Cl2N4O2/c1-8-2-5-12-18-13(15(22)23)14(21(12)7-8)20-19-11-6-9(16)3-4-10(11)17/h2-7H,1H3,(H,22,23). The topological polar surface area (TPSA) is 79.3 Å². The minimum absolute atomic E-state index is 0.118. The molecular weight excluding hydrogens is 339 g/mol. The number of benzene rings is 1. The summed E-state index contributed by atoms with van der Waals surface area (Å²) in [4.78, 5) is 15.4. The Labute approximate surface area is 141 Å². The molecule has 0 aliphatic heterocycles. The van der Waals surface area contributed by atoms with Gasteiger partial charge < -0.3 is 5.11 Å². The molecule has 0 unspecified atom stereocenters. The van der Waals surface area contributed by atoms with Gasteiger partial charge >= 0.3 is 5.97 Å². The molecule has 23 heavy (non-hydrogen) atoms. The van der Waals surface area contributed by atoms with Gasteiger partial charge in [-0.3, -0.25) is 4.40 Å². The van der Waals surface area contributed by atoms with Crippen LogP contribution < -0.4 is 0 Å². The summed E-state index contributed by atoms with van der Waals surface area (Å²) in [7, 11) is 0. The number of fused-ring (bicyclic) bond motifs is 1. The van der Waals surface area contributed by atoms with E-state index in [-0.39, 0.29) is 11.5 Å². The Morgan fingerprint density at radius 3 is 2.74 bits per heavy atom. The average Bonchev–Trinajstić information content (AvgIpc) is 2.86. The van der Waals surface area contributed by atoms with Gasteiger partial charge in [0.15, 0.2) is 11.5 Å². The summed E-state index contributed by atoms with van der Waals surface area (Å²) in [6, 6.07) is 8.32. The number of aromatic carboxylic acids is 1. The van der Waals surface area contributed by atoms with E-state index in [0.717, 1.165) is 5.56 Å². The Kier molecular flexibility index (Phi) is 4.02. The lowest BCUT2D eigenvalue weighted by molar-refractivity contribution is 0.0692. The van der Waals surface area contributed by atoms with Crippen LogP contribution in [0, 0.1) is 6.92 Å². The van der Waals surface area contributed by atoms with Crippen molar-refractivity contribution in [1.29, 1.82) is 0 Å². The molecule has 6 nitrogen and oxygen atoms in total. The third-order valence-corrected chi connectivity index (χ3v) is 3.66. The number of azo groups is 1. The first-order chi connectivity index (χ1) is 11.0. The minimum Gasteiger partial charge on any atom is -0.476 e. The maximum Gasteiger partial charge on any atom is 0.358 e. The molecule has 2 aromatic heterocycles. The van der Waals surface area contributed by atoms with Crippen LogP contribution >= 0.6 is 23.2 Å². The predicted octanol–water partition coefficient (Wildman–Crippen LogP) is 5.06. The Morgan fingerprint density at radius 2 is 2.00 bits per heavy atom. The fraction of sp³-hybridized carbons (Fsp3) is 0.0667. The molecule has 1 aromatic carbocycles. The highest BCUT2D eigenvalue weighted by Gasteiger charge is 2.18. The molecule has 3 rings (SSSR count). The highest BCUT2D eigenvalue weighted by atomic mass is 35.5. The van der Waals surface area contributed by atoms with Crippen LogP contribution in [-0.2, 0) is 0 Å². The second-order valence-corrected chi connectivity index (χ2v) is 5.66. The van der Waals surface area contributed by atoms with E-state index in [2.05, 4.69) is 15.2 Å². The van der Waals surface area contributed by atoms with Crippen molar-refractivity contribution in [3.05, 3.63) is 57.8 Å². The molecule has 0 fully saturated rings. The summed E-state index contributed by atoms with van der Waals surface area (Å²) in [5, 5.41) is 18.2. The van der Waals surface area contributed by atoms with Gasteiger partial charge in [0.2, 0.25) is 0 Å². The zero-order valence-electron chi connectivity index (χ0n) is 11.9. The monoisotopic (exact) mass is 348 g/mol. The zero-order valence-corrected chi connectivity index (χ0v) is 13.4. The van der Waals surface area contributed by atoms with Gasteiger partial charge in [-0.1, -0.05) is 29.3 Å². The number of pyridine rings is 1. The summed E-state index contributed by atoms with van der Waals surface area (Å²) in [5.74, 6) is -1.07. The average molecular weight is 349 g/mol. The van der Waals surface area contributed by atoms with Gasteiger partial charge in [0.1, 0.15) is 11.3 Å². The van der Waals surface area contributed by atoms with E-state index in [0.29, 0.717) is 21.4 Å². The molecule has 8 heteroatoms. The lowest BCUT2D eigenvalue weighted by atomic mass is 10.3. The second-order valence-electron chi connectivity index (χ2n) is 4.82. The van der Waals surface area contributed by atoms with Crippen molar-refractivity contribution >= 4 is 46.3 Å². The number of carboxylic acid groups (broad SMARTS) is 1. The van der Waals surface area contributed by atoms with Crippen LogP contribution in [0.25, 0.3) is 5.65 Å². The van der Waals surface area contributed by atoms with Crippen LogP contribution in [0.15, 0.2) is 46.8 Å². The number of aryl methyl sites for hydroxylation is 1. The molecule has 3 aromatic rings. The van der Waals surface area contributed by atoms with Crippen molar-refractivity contribution in [2.24, 2.45) is 10.2 Å². The van der Waals surface area contributed by atoms with Crippen molar-refractivity contribution in [3.63, 3.8) is 0 Å². The minimum atomic E-state index is -1.18. The van der Waals surface area contributed by atoms with Crippen molar-refractivity contribution in [2.45, 2.75) is 6.92 Å². The van der Waals surface area contributed by atoms with E-state index in [1.165, 1.54) is 0 Å². The highest BCUT2D eigenvalue weighted by Crippen LogP contribution is 2.31. The normalized spacial score (nSPS) is 11.4. The first-order valence-corrected chi connectivity index (χ1v) is 7.30. The number of nitrogens with zero attached hydrogens (tertiary/aromatic N) is 4. The van der Waals surface area contributed by atoms with Gasteiger partial charge in [0.05, 0.1) is 5.02 Å². The number of hydrogen-bond donors (Lipinski definition) is 1. The van der Waals surface area contributed by atoms with Crippen molar-refractivity contribution < 1.29 is 9.90 Å². The number of halogens is 2. The van der Waals surface area contributed by atoms with Crippen LogP contribution in [0.3, 0.4) is 0 Å². The second kappa shape index (κ2) is 5.98. The molecule has 0 spiro atoms. The molecule has 0 atom stereocenters. The lowest BCUT2D eigenvalue weighted by Gasteiger charge is -1.99. The van der Waals surface area contributed by atoms with Gasteiger partial charge in [0.25, 0.3) is 0 Å². The van der Waals surface area contributed by atoms with Crippen LogP contribution in [0.2, 0.25) is 10.0 Å². The Morgan fingerprint density at radius 1 is 1.22 bits per heavy atom. The summed E-state index contributed by atoms with van der Waals surface area (Å²) in [6.45, 7) is 1.88. The Hall–Kier alpha value is -2.44. The van der Waals surface area contributed by atoms with Gasteiger partial charge in [-0.05, 0) is 36.8 Å². The smallest absolute Gasteiger partial charge is 0.358 e. The molecular formula is C15H10Cl2N4O2. The van der Waals surface area contributed by atoms with E-state index in [1.54, 1.807) is 34.9 Å². The summed E-state index contributed by atoms with van der Waals surface area (Å²) in [5.41, 5.74) is 1.57. The fourth-order valence-corrected chi connectivity index (χ4v) is 2.36. The number of aromatic nitrogens is 2. The van der Waals surface area contributed by atoms with Crippen molar-refractivity contribution in [1.82, 2.24) is 9.38 Å². The molecule has 1 N–H and O–H groups in total. The van der Waals surface area contributed by atoms with Gasteiger partial charge in [-0.15, -0.1) is 10.2 Å². The third kappa shape index (κ3) is 3.04. The van der Waals surface area contributed by atoms with Crippen LogP contribution in [0.4, 0.5) is 11.5 Å². The van der Waals surface area contributed by atoms with Crippen LogP contribution in [0.5, 0.6) is 0 Å². The lowest BCUT2D eigenvalue weighted by Crippen LogP contribution is -1.96. The SMILES string of the molecule is Cc1ccc2nc(C(=O)O)c(N=Nc3cc(Cl)ccc3Cl)n2c1. The molecule has 0 amide bonds. The number of imidazole rings is 1. The van der Waals surface area contributed by atoms with Crippen molar-refractivity contribution in [3.8, 4) is 0 Å². The van der Waals surface area contributed by atoms with Crippen molar-refractivity contribution in [2.75, 3.05) is 0 Å². The first-order valence-electron chi connectivity index (χ1n) is 6.54. The Balaban J connectivity index is 2.16. The van der Waals surface area contributed by atoms with E-state index in [9.17, 15) is 9.90 Å². The molecule has 116 valence electrons. The maximum atomic E-state index is 11.4. The molecule has 0 aliphatic carbocycles. The van der Waals surface area contributed by atoms with E-state index >= 15 is 0 Å². The van der Waals surface area contributed by atoms with Gasteiger partial charge in [-0.2, -0.15) is 0 Å². The molecule has 2 heterocycles. The summed E-state index contributed by atoms with van der Waals surface area (Å²) < 4.78 is 1.57.